The van der Waals surface area contributed by atoms with E-state index in [1.165, 1.54) is 0 Å². The van der Waals surface area contributed by atoms with Crippen LogP contribution in [-0.2, 0) is 0 Å². The highest BCUT2D eigenvalue weighted by atomic mass is 35.5. The average molecular weight is 342 g/mol. The molecule has 0 saturated heterocycles. The minimum absolute atomic E-state index is 0.632. The monoisotopic (exact) mass is 341 g/mol. The largest absolute Gasteiger partial charge is 0.363 e. The minimum Gasteiger partial charge on any atom is -0.363 e. The number of halogens is 2. The molecule has 104 valence electrons. The van der Waals surface area contributed by atoms with E-state index in [4.69, 9.17) is 35.4 Å². The van der Waals surface area contributed by atoms with E-state index in [1.54, 1.807) is 17.8 Å². The molecule has 0 aliphatic heterocycles. The molecule has 5 heteroatoms. The molecule has 0 bridgehead atoms. The van der Waals surface area contributed by atoms with Gasteiger partial charge in [0.2, 0.25) is 0 Å². The van der Waals surface area contributed by atoms with E-state index in [1.807, 2.05) is 55.4 Å². The van der Waals surface area contributed by atoms with Gasteiger partial charge < -0.3 is 4.90 Å². The topological polar surface area (TPSA) is 3.24 Å². The second-order valence-corrected chi connectivity index (χ2v) is 6.90. The molecule has 20 heavy (non-hydrogen) atoms. The third kappa shape index (κ3) is 3.67. The van der Waals surface area contributed by atoms with Crippen molar-refractivity contribution in [1.82, 2.24) is 4.90 Å². The Labute approximate surface area is 138 Å². The first kappa shape index (κ1) is 15.6. The Morgan fingerprint density at radius 3 is 2.40 bits per heavy atom. The fraction of sp³-hybridized carbons (Fsp3) is 0.133. The van der Waals surface area contributed by atoms with E-state index < -0.39 is 0 Å². The molecular formula is C15H13Cl2NS2. The van der Waals surface area contributed by atoms with Crippen LogP contribution in [0.2, 0.25) is 10.0 Å². The molecule has 0 N–H and O–H groups in total. The third-order valence-corrected chi connectivity index (χ3v) is 4.95. The number of hydrogen-bond donors (Lipinski definition) is 0. The van der Waals surface area contributed by atoms with Crippen molar-refractivity contribution in [2.24, 2.45) is 0 Å². The summed E-state index contributed by atoms with van der Waals surface area (Å²) in [7, 11) is 3.88. The van der Waals surface area contributed by atoms with Crippen molar-refractivity contribution in [2.75, 3.05) is 14.1 Å². The van der Waals surface area contributed by atoms with Crippen LogP contribution >= 0.6 is 47.2 Å². The fourth-order valence-corrected chi connectivity index (χ4v) is 3.26. The van der Waals surface area contributed by atoms with Gasteiger partial charge in [-0.15, -0.1) is 0 Å². The van der Waals surface area contributed by atoms with Crippen LogP contribution in [0.15, 0.2) is 47.4 Å². The number of thioether (sulfide) groups is 1. The van der Waals surface area contributed by atoms with E-state index in [0.29, 0.717) is 10.0 Å². The second-order valence-electron chi connectivity index (χ2n) is 4.38. The summed E-state index contributed by atoms with van der Waals surface area (Å²) >= 11 is 19.2. The highest BCUT2D eigenvalue weighted by molar-refractivity contribution is 8.23. The molecule has 0 saturated carbocycles. The zero-order valence-electron chi connectivity index (χ0n) is 11.1. The van der Waals surface area contributed by atoms with Gasteiger partial charge in [-0.05, 0) is 23.8 Å². The molecule has 2 aromatic rings. The summed E-state index contributed by atoms with van der Waals surface area (Å²) in [5.41, 5.74) is 2.02. The summed E-state index contributed by atoms with van der Waals surface area (Å²) in [4.78, 5) is 3.00. The predicted molar refractivity (Wildman–Crippen MR) is 94.0 cm³/mol. The lowest BCUT2D eigenvalue weighted by Gasteiger charge is -2.15. The van der Waals surface area contributed by atoms with E-state index in [2.05, 4.69) is 0 Å². The molecule has 0 aliphatic rings. The van der Waals surface area contributed by atoms with Gasteiger partial charge in [-0.25, -0.2) is 0 Å². The predicted octanol–water partition coefficient (Wildman–Crippen LogP) is 5.60. The summed E-state index contributed by atoms with van der Waals surface area (Å²) in [5, 5.41) is 1.27. The van der Waals surface area contributed by atoms with Gasteiger partial charge in [0.25, 0.3) is 0 Å². The van der Waals surface area contributed by atoms with Crippen molar-refractivity contribution in [3.63, 3.8) is 0 Å². The van der Waals surface area contributed by atoms with Gasteiger partial charge in [0, 0.05) is 34.6 Å². The molecule has 0 aromatic heterocycles. The lowest BCUT2D eigenvalue weighted by Crippen LogP contribution is -2.15. The summed E-state index contributed by atoms with van der Waals surface area (Å²) in [6, 6.07) is 13.6. The first-order valence-electron chi connectivity index (χ1n) is 5.92. The fourth-order valence-electron chi connectivity index (χ4n) is 1.67. The molecule has 0 heterocycles. The van der Waals surface area contributed by atoms with Gasteiger partial charge in [-0.1, -0.05) is 71.4 Å². The minimum atomic E-state index is 0.632. The van der Waals surface area contributed by atoms with Crippen molar-refractivity contribution in [3.05, 3.63) is 52.5 Å². The van der Waals surface area contributed by atoms with Crippen LogP contribution in [-0.4, -0.2) is 23.3 Å². The van der Waals surface area contributed by atoms with Crippen molar-refractivity contribution in [1.29, 1.82) is 0 Å². The molecule has 0 amide bonds. The summed E-state index contributed by atoms with van der Waals surface area (Å²) in [5.74, 6) is 0. The number of hydrogen-bond acceptors (Lipinski definition) is 2. The Hall–Kier alpha value is -0.740. The molecule has 0 fully saturated rings. The highest BCUT2D eigenvalue weighted by Gasteiger charge is 2.11. The first-order chi connectivity index (χ1) is 9.49. The molecule has 2 rings (SSSR count). The van der Waals surface area contributed by atoms with E-state index in [9.17, 15) is 0 Å². The Kier molecular flexibility index (Phi) is 5.33. The van der Waals surface area contributed by atoms with Crippen LogP contribution < -0.4 is 0 Å². The maximum atomic E-state index is 6.30. The highest BCUT2D eigenvalue weighted by Crippen LogP contribution is 2.37. The van der Waals surface area contributed by atoms with Gasteiger partial charge >= 0.3 is 0 Å². The first-order valence-corrected chi connectivity index (χ1v) is 7.90. The molecule has 0 aliphatic carbocycles. The van der Waals surface area contributed by atoms with Crippen molar-refractivity contribution in [2.45, 2.75) is 4.90 Å². The maximum absolute atomic E-state index is 6.30. The van der Waals surface area contributed by atoms with Gasteiger partial charge in [0.15, 0.2) is 0 Å². The van der Waals surface area contributed by atoms with Gasteiger partial charge in [-0.3, -0.25) is 0 Å². The Morgan fingerprint density at radius 2 is 1.75 bits per heavy atom. The lowest BCUT2D eigenvalue weighted by molar-refractivity contribution is 0.648. The number of rotatable bonds is 2. The second kappa shape index (κ2) is 6.81. The lowest BCUT2D eigenvalue weighted by atomic mass is 10.1. The molecule has 0 unspecified atom stereocenters. The van der Waals surface area contributed by atoms with Crippen LogP contribution in [0.25, 0.3) is 11.1 Å². The standard InChI is InChI=1S/C15H13Cl2NS2/c1-18(2)15(19)20-14-6-4-3-5-12(14)11-8-7-10(16)9-13(11)17/h3-9H,1-2H3. The van der Waals surface area contributed by atoms with Gasteiger partial charge in [-0.2, -0.15) is 0 Å². The molecule has 0 radical (unpaired) electrons. The van der Waals surface area contributed by atoms with Gasteiger partial charge in [0.05, 0.1) is 0 Å². The summed E-state index contributed by atoms with van der Waals surface area (Å²) in [6.07, 6.45) is 0. The third-order valence-electron chi connectivity index (χ3n) is 2.67. The summed E-state index contributed by atoms with van der Waals surface area (Å²) < 4.78 is 0.808. The molecular weight excluding hydrogens is 329 g/mol. The average Bonchev–Trinajstić information content (AvgIpc) is 2.39. The van der Waals surface area contributed by atoms with Crippen LogP contribution in [0.5, 0.6) is 0 Å². The van der Waals surface area contributed by atoms with Gasteiger partial charge in [0.1, 0.15) is 4.32 Å². The van der Waals surface area contributed by atoms with Crippen LogP contribution in [0.3, 0.4) is 0 Å². The molecule has 2 aromatic carbocycles. The molecule has 0 atom stereocenters. The van der Waals surface area contributed by atoms with E-state index >= 15 is 0 Å². The smallest absolute Gasteiger partial charge is 0.140 e. The Morgan fingerprint density at radius 1 is 1.05 bits per heavy atom. The van der Waals surface area contributed by atoms with Crippen molar-refractivity contribution >= 4 is 51.5 Å². The number of nitrogens with zero attached hydrogens (tertiary/aromatic N) is 1. The van der Waals surface area contributed by atoms with Crippen LogP contribution in [0.1, 0.15) is 0 Å². The van der Waals surface area contributed by atoms with E-state index in [-0.39, 0.29) is 0 Å². The molecule has 0 spiro atoms. The van der Waals surface area contributed by atoms with E-state index in [0.717, 1.165) is 20.3 Å². The zero-order valence-corrected chi connectivity index (χ0v) is 14.2. The normalized spacial score (nSPS) is 10.4. The van der Waals surface area contributed by atoms with Crippen molar-refractivity contribution in [3.8, 4) is 11.1 Å². The van der Waals surface area contributed by atoms with Crippen LogP contribution in [0.4, 0.5) is 0 Å². The quantitative estimate of drug-likeness (QED) is 0.517. The Bertz CT molecular complexity index is 642. The number of thiocarbonyl (C=S) groups is 1. The Balaban J connectivity index is 2.44. The zero-order chi connectivity index (χ0) is 14.7. The number of benzene rings is 2. The maximum Gasteiger partial charge on any atom is 0.140 e. The van der Waals surface area contributed by atoms with Crippen LogP contribution in [0, 0.1) is 0 Å². The SMILES string of the molecule is CN(C)C(=S)Sc1ccccc1-c1ccc(Cl)cc1Cl. The molecule has 1 nitrogen and oxygen atoms in total. The summed E-state index contributed by atoms with van der Waals surface area (Å²) in [6.45, 7) is 0. The van der Waals surface area contributed by atoms with Crippen molar-refractivity contribution < 1.29 is 0 Å².